The van der Waals surface area contributed by atoms with Gasteiger partial charge in [-0.1, -0.05) is 44.2 Å². The van der Waals surface area contributed by atoms with E-state index < -0.39 is 52.1 Å². The predicted octanol–water partition coefficient (Wildman–Crippen LogP) is 3.47. The molecular weight excluding hydrogens is 429 g/mol. The molecule has 0 spiro atoms. The van der Waals surface area contributed by atoms with Crippen molar-refractivity contribution in [1.29, 1.82) is 0 Å². The molecule has 0 bridgehead atoms. The fraction of sp³-hybridized carbons (Fsp3) is 0.565. The predicted molar refractivity (Wildman–Crippen MR) is 108 cm³/mol. The van der Waals surface area contributed by atoms with Crippen molar-refractivity contribution < 1.29 is 42.1 Å². The molecule has 9 heteroatoms. The van der Waals surface area contributed by atoms with Crippen molar-refractivity contribution in [3.05, 3.63) is 48.0 Å². The van der Waals surface area contributed by atoms with Crippen molar-refractivity contribution in [2.45, 2.75) is 69.3 Å². The van der Waals surface area contributed by atoms with E-state index in [2.05, 4.69) is 0 Å². The number of esters is 1. The Morgan fingerprint density at radius 3 is 2.28 bits per heavy atom. The SMILES string of the molecule is CO[C@](C(=O)O[C@H]1CC(C)(C)[C@@]2(/C=C/C(C)=O)O[C@@]2(C)[C@H]1O)(c1ccccc1)C(F)(F)F. The molecule has 32 heavy (non-hydrogen) atoms. The van der Waals surface area contributed by atoms with Crippen molar-refractivity contribution in [3.8, 4) is 0 Å². The van der Waals surface area contributed by atoms with Gasteiger partial charge in [0.25, 0.3) is 5.60 Å². The van der Waals surface area contributed by atoms with Crippen LogP contribution in [-0.2, 0) is 29.4 Å². The number of fused-ring (bicyclic) bond motifs is 1. The third-order valence-corrected chi connectivity index (χ3v) is 6.69. The molecule has 1 saturated carbocycles. The number of ketones is 1. The molecule has 3 rings (SSSR count). The third-order valence-electron chi connectivity index (χ3n) is 6.69. The minimum absolute atomic E-state index is 0.00415. The van der Waals surface area contributed by atoms with Gasteiger partial charge in [-0.2, -0.15) is 13.2 Å². The van der Waals surface area contributed by atoms with E-state index in [9.17, 15) is 27.9 Å². The average Bonchev–Trinajstić information content (AvgIpc) is 3.34. The van der Waals surface area contributed by atoms with Gasteiger partial charge in [-0.3, -0.25) is 4.79 Å². The van der Waals surface area contributed by atoms with Crippen LogP contribution in [0.5, 0.6) is 0 Å². The van der Waals surface area contributed by atoms with Crippen LogP contribution in [0.2, 0.25) is 0 Å². The first-order valence-corrected chi connectivity index (χ1v) is 10.1. The minimum Gasteiger partial charge on any atom is -0.457 e. The van der Waals surface area contributed by atoms with Crippen LogP contribution >= 0.6 is 0 Å². The largest absolute Gasteiger partial charge is 0.457 e. The molecule has 0 aromatic heterocycles. The van der Waals surface area contributed by atoms with E-state index >= 15 is 0 Å². The number of carbonyl (C=O) groups excluding carboxylic acids is 2. The second-order valence-corrected chi connectivity index (χ2v) is 9.11. The van der Waals surface area contributed by atoms with E-state index in [0.29, 0.717) is 0 Å². The Morgan fingerprint density at radius 1 is 1.19 bits per heavy atom. The number of carbonyl (C=O) groups is 2. The van der Waals surface area contributed by atoms with E-state index in [-0.39, 0.29) is 12.2 Å². The van der Waals surface area contributed by atoms with Gasteiger partial charge in [-0.25, -0.2) is 4.79 Å². The first-order chi connectivity index (χ1) is 14.7. The third kappa shape index (κ3) is 3.38. The number of rotatable bonds is 6. The highest BCUT2D eigenvalue weighted by Crippen LogP contribution is 2.66. The van der Waals surface area contributed by atoms with Crippen molar-refractivity contribution in [2.24, 2.45) is 5.41 Å². The van der Waals surface area contributed by atoms with Gasteiger partial charge in [0.05, 0.1) is 0 Å². The van der Waals surface area contributed by atoms with Gasteiger partial charge in [-0.05, 0) is 32.4 Å². The van der Waals surface area contributed by atoms with Crippen LogP contribution in [0.3, 0.4) is 0 Å². The number of epoxide rings is 1. The van der Waals surface area contributed by atoms with Crippen LogP contribution in [0.25, 0.3) is 0 Å². The Kier molecular flexibility index (Phi) is 5.85. The first kappa shape index (κ1) is 24.4. The molecule has 2 aliphatic rings. The number of aliphatic hydroxyl groups excluding tert-OH is 1. The molecular formula is C23H27F3O6. The monoisotopic (exact) mass is 456 g/mol. The Bertz CT molecular complexity index is 927. The summed E-state index contributed by atoms with van der Waals surface area (Å²) in [4.78, 5) is 24.4. The van der Waals surface area contributed by atoms with Crippen LogP contribution in [0.15, 0.2) is 42.5 Å². The maximum atomic E-state index is 14.2. The number of hydrogen-bond donors (Lipinski definition) is 1. The number of halogens is 3. The molecule has 0 amide bonds. The van der Waals surface area contributed by atoms with E-state index in [1.807, 2.05) is 0 Å². The molecule has 0 radical (unpaired) electrons. The van der Waals surface area contributed by atoms with Crippen molar-refractivity contribution in [3.63, 3.8) is 0 Å². The Balaban J connectivity index is 1.95. The summed E-state index contributed by atoms with van der Waals surface area (Å²) in [5.41, 5.74) is -6.81. The number of hydrogen-bond acceptors (Lipinski definition) is 6. The quantitative estimate of drug-likeness (QED) is 0.401. The van der Waals surface area contributed by atoms with Gasteiger partial charge in [0.15, 0.2) is 5.78 Å². The number of aliphatic hydroxyl groups is 1. The smallest absolute Gasteiger partial charge is 0.432 e. The second-order valence-electron chi connectivity index (χ2n) is 9.11. The first-order valence-electron chi connectivity index (χ1n) is 10.1. The van der Waals surface area contributed by atoms with Gasteiger partial charge < -0.3 is 19.3 Å². The summed E-state index contributed by atoms with van der Waals surface area (Å²) in [6.45, 7) is 6.50. The molecule has 1 aliphatic heterocycles. The lowest BCUT2D eigenvalue weighted by Gasteiger charge is -2.44. The zero-order chi connectivity index (χ0) is 24.2. The molecule has 1 aromatic carbocycles. The highest BCUT2D eigenvalue weighted by molar-refractivity contribution is 5.87. The van der Waals surface area contributed by atoms with Crippen LogP contribution in [-0.4, -0.2) is 53.6 Å². The van der Waals surface area contributed by atoms with Crippen molar-refractivity contribution in [1.82, 2.24) is 0 Å². The number of methoxy groups -OCH3 is 1. The van der Waals surface area contributed by atoms with Gasteiger partial charge in [-0.15, -0.1) is 0 Å². The summed E-state index contributed by atoms with van der Waals surface area (Å²) in [6.07, 6.45) is -4.93. The number of allylic oxidation sites excluding steroid dienone is 1. The van der Waals surface area contributed by atoms with Gasteiger partial charge >= 0.3 is 12.1 Å². The van der Waals surface area contributed by atoms with Crippen molar-refractivity contribution in [2.75, 3.05) is 7.11 Å². The molecule has 6 nitrogen and oxygen atoms in total. The summed E-state index contributed by atoms with van der Waals surface area (Å²) < 4.78 is 58.4. The average molecular weight is 456 g/mol. The molecule has 5 atom stereocenters. The number of ether oxygens (including phenoxy) is 3. The Morgan fingerprint density at radius 2 is 1.78 bits per heavy atom. The van der Waals surface area contributed by atoms with E-state index in [1.54, 1.807) is 26.8 Å². The summed E-state index contributed by atoms with van der Waals surface area (Å²) in [6, 6.07) is 6.48. The maximum Gasteiger partial charge on any atom is 0.432 e. The van der Waals surface area contributed by atoms with Crippen LogP contribution in [0.4, 0.5) is 13.2 Å². The van der Waals surface area contributed by atoms with Gasteiger partial charge in [0, 0.05) is 18.1 Å². The number of alkyl halides is 3. The fourth-order valence-electron chi connectivity index (χ4n) is 4.89. The zero-order valence-corrected chi connectivity index (χ0v) is 18.5. The summed E-state index contributed by atoms with van der Waals surface area (Å²) in [5, 5.41) is 10.9. The molecule has 1 heterocycles. The summed E-state index contributed by atoms with van der Waals surface area (Å²) >= 11 is 0. The Hall–Kier alpha value is -2.23. The van der Waals surface area contributed by atoms with Crippen LogP contribution in [0, 0.1) is 5.41 Å². The topological polar surface area (TPSA) is 85.4 Å². The molecule has 0 unspecified atom stereocenters. The highest BCUT2D eigenvalue weighted by Gasteiger charge is 2.79. The molecule has 2 fully saturated rings. The summed E-state index contributed by atoms with van der Waals surface area (Å²) in [5.74, 6) is -1.89. The van der Waals surface area contributed by atoms with Crippen LogP contribution < -0.4 is 0 Å². The van der Waals surface area contributed by atoms with Crippen molar-refractivity contribution >= 4 is 11.8 Å². The lowest BCUT2D eigenvalue weighted by atomic mass is 9.62. The lowest BCUT2D eigenvalue weighted by Crippen LogP contribution is -2.59. The fourth-order valence-corrected chi connectivity index (χ4v) is 4.89. The Labute approximate surface area is 184 Å². The van der Waals surface area contributed by atoms with E-state index in [1.165, 1.54) is 31.2 Å². The highest BCUT2D eigenvalue weighted by atomic mass is 19.4. The second kappa shape index (κ2) is 7.67. The number of benzene rings is 1. The minimum atomic E-state index is -5.12. The van der Waals surface area contributed by atoms with Gasteiger partial charge in [0.1, 0.15) is 23.4 Å². The molecule has 1 aliphatic carbocycles. The molecule has 176 valence electrons. The van der Waals surface area contributed by atoms with E-state index in [4.69, 9.17) is 14.2 Å². The van der Waals surface area contributed by atoms with Gasteiger partial charge in [0.2, 0.25) is 0 Å². The summed E-state index contributed by atoms with van der Waals surface area (Å²) in [7, 11) is 0.784. The lowest BCUT2D eigenvalue weighted by molar-refractivity contribution is -0.280. The zero-order valence-electron chi connectivity index (χ0n) is 18.5. The maximum absolute atomic E-state index is 14.2. The normalized spacial score (nSPS) is 33.3. The van der Waals surface area contributed by atoms with E-state index in [0.717, 1.165) is 19.2 Å². The molecule has 1 N–H and O–H groups in total. The molecule has 1 saturated heterocycles. The van der Waals surface area contributed by atoms with Crippen LogP contribution in [0.1, 0.15) is 39.7 Å². The molecule has 1 aromatic rings. The standard InChI is InChI=1S/C23H27F3O6/c1-14(27)11-12-21-19(2,3)13-16(17(28)20(21,4)32-21)31-18(29)22(30-5,23(24,25)26)15-9-7-6-8-10-15/h6-12,16-17,28H,13H2,1-5H3/b12-11+/t16-,17-,20-,21+,22-/m0/s1.